The molecule has 2 aromatic carbocycles. The van der Waals surface area contributed by atoms with Crippen LogP contribution in [0.15, 0.2) is 57.7 Å². The molecule has 0 saturated heterocycles. The number of nitrogens with one attached hydrogen (secondary N) is 1. The van der Waals surface area contributed by atoms with E-state index >= 15 is 0 Å². The summed E-state index contributed by atoms with van der Waals surface area (Å²) >= 11 is 0. The first kappa shape index (κ1) is 21.6. The highest BCUT2D eigenvalue weighted by Gasteiger charge is 2.51. The van der Waals surface area contributed by atoms with Crippen LogP contribution in [0.3, 0.4) is 0 Å². The molecule has 0 unspecified atom stereocenters. The van der Waals surface area contributed by atoms with Gasteiger partial charge in [0.1, 0.15) is 22.6 Å². The zero-order valence-corrected chi connectivity index (χ0v) is 20.3. The van der Waals surface area contributed by atoms with Crippen molar-refractivity contribution in [2.24, 2.45) is 17.8 Å². The summed E-state index contributed by atoms with van der Waals surface area (Å²) in [6, 6.07) is 15.1. The molecule has 36 heavy (non-hydrogen) atoms. The largest absolute Gasteiger partial charge is 0.507 e. The van der Waals surface area contributed by atoms with Crippen LogP contribution in [0.1, 0.15) is 55.3 Å². The van der Waals surface area contributed by atoms with Crippen molar-refractivity contribution >= 4 is 39.7 Å². The third kappa shape index (κ3) is 3.58. The van der Waals surface area contributed by atoms with E-state index in [1.54, 1.807) is 12.1 Å². The van der Waals surface area contributed by atoms with Gasteiger partial charge in [-0.2, -0.15) is 0 Å². The second-order valence-corrected chi connectivity index (χ2v) is 11.3. The fraction of sp³-hybridized carbons (Fsp3) is 0.367. The first-order chi connectivity index (χ1) is 17.4. The Morgan fingerprint density at radius 1 is 0.972 bits per heavy atom. The first-order valence-electron chi connectivity index (χ1n) is 12.9. The van der Waals surface area contributed by atoms with Gasteiger partial charge in [0.25, 0.3) is 0 Å². The second-order valence-electron chi connectivity index (χ2n) is 11.3. The SMILES string of the molecule is Cc1ccc(C(O)=Cc2nc3c(nc2NC24CC5CC(CC(C5)C2)C4)c(=O)oc2ccccc23)cc1. The molecule has 4 aromatic rings. The summed E-state index contributed by atoms with van der Waals surface area (Å²) in [6.07, 6.45) is 9.04. The Balaban J connectivity index is 1.40. The van der Waals surface area contributed by atoms with E-state index in [0.29, 0.717) is 28.2 Å². The Hall–Kier alpha value is -3.67. The van der Waals surface area contributed by atoms with Gasteiger partial charge in [0.05, 0.1) is 0 Å². The lowest BCUT2D eigenvalue weighted by Crippen LogP contribution is -2.55. The van der Waals surface area contributed by atoms with Crippen LogP contribution in [0, 0.1) is 24.7 Å². The number of anilines is 1. The minimum atomic E-state index is -0.497. The van der Waals surface area contributed by atoms with Crippen LogP contribution in [-0.2, 0) is 0 Å². The van der Waals surface area contributed by atoms with E-state index in [1.807, 2.05) is 49.4 Å². The molecule has 4 aliphatic carbocycles. The van der Waals surface area contributed by atoms with Crippen molar-refractivity contribution in [2.45, 2.75) is 51.0 Å². The molecule has 0 aliphatic heterocycles. The number of para-hydroxylation sites is 1. The first-order valence-corrected chi connectivity index (χ1v) is 12.9. The smallest absolute Gasteiger partial charge is 0.364 e. The molecule has 0 spiro atoms. The number of hydrogen-bond donors (Lipinski definition) is 2. The average molecular weight is 480 g/mol. The number of fused-ring (bicyclic) bond motifs is 3. The monoisotopic (exact) mass is 479 g/mol. The molecule has 4 saturated carbocycles. The molecule has 0 radical (unpaired) electrons. The quantitative estimate of drug-likeness (QED) is 0.198. The third-order valence-electron chi connectivity index (χ3n) is 8.50. The van der Waals surface area contributed by atoms with Crippen LogP contribution in [0.4, 0.5) is 5.82 Å². The lowest BCUT2D eigenvalue weighted by molar-refractivity contribution is 0.0105. The molecule has 182 valence electrons. The number of aromatic nitrogens is 2. The van der Waals surface area contributed by atoms with Gasteiger partial charge in [-0.15, -0.1) is 0 Å². The van der Waals surface area contributed by atoms with Crippen molar-refractivity contribution in [2.75, 3.05) is 5.32 Å². The molecule has 8 rings (SSSR count). The highest BCUT2D eigenvalue weighted by atomic mass is 16.4. The standard InChI is InChI=1S/C30H29N3O3/c1-17-6-8-21(9-7-17)24(34)13-23-28(33-30-14-18-10-19(15-30)12-20(11-18)16-30)32-27-26(31-23)22-4-2-3-5-25(22)36-29(27)35/h2-9,13,18-20,34H,10-12,14-16H2,1H3,(H,32,33). The molecule has 6 nitrogen and oxygen atoms in total. The normalized spacial score (nSPS) is 27.1. The zero-order chi connectivity index (χ0) is 24.4. The third-order valence-corrected chi connectivity index (χ3v) is 8.50. The Labute approximate surface area is 209 Å². The predicted octanol–water partition coefficient (Wildman–Crippen LogP) is 6.48. The van der Waals surface area contributed by atoms with Crippen LogP contribution in [0.5, 0.6) is 0 Å². The number of nitrogens with zero attached hydrogens (tertiary/aromatic N) is 2. The van der Waals surface area contributed by atoms with E-state index < -0.39 is 5.63 Å². The Bertz CT molecular complexity index is 1550. The Kier molecular flexibility index (Phi) is 4.75. The van der Waals surface area contributed by atoms with E-state index in [2.05, 4.69) is 5.32 Å². The van der Waals surface area contributed by atoms with Crippen LogP contribution in [0.2, 0.25) is 0 Å². The number of aryl methyl sites for hydroxylation is 1. The highest BCUT2D eigenvalue weighted by Crippen LogP contribution is 2.56. The van der Waals surface area contributed by atoms with Gasteiger partial charge >= 0.3 is 5.63 Å². The molecule has 2 heterocycles. The van der Waals surface area contributed by atoms with E-state index in [9.17, 15) is 9.90 Å². The maximum Gasteiger partial charge on any atom is 0.364 e. The van der Waals surface area contributed by atoms with Crippen molar-refractivity contribution in [3.05, 3.63) is 75.8 Å². The van der Waals surface area contributed by atoms with Gasteiger partial charge in [-0.3, -0.25) is 0 Å². The van der Waals surface area contributed by atoms with Gasteiger partial charge < -0.3 is 14.8 Å². The second kappa shape index (κ2) is 7.92. The number of rotatable bonds is 4. The summed E-state index contributed by atoms with van der Waals surface area (Å²) in [5, 5.41) is 15.6. The molecule has 4 fully saturated rings. The van der Waals surface area contributed by atoms with Crippen molar-refractivity contribution in [3.8, 4) is 0 Å². The van der Waals surface area contributed by atoms with Gasteiger partial charge in [-0.05, 0) is 75.3 Å². The summed E-state index contributed by atoms with van der Waals surface area (Å²) in [4.78, 5) is 22.7. The molecule has 2 N–H and O–H groups in total. The number of aliphatic hydroxyl groups excluding tert-OH is 1. The Morgan fingerprint density at radius 2 is 1.64 bits per heavy atom. The summed E-state index contributed by atoms with van der Waals surface area (Å²) in [6.45, 7) is 2.02. The van der Waals surface area contributed by atoms with Gasteiger partial charge in [-0.1, -0.05) is 42.0 Å². The predicted molar refractivity (Wildman–Crippen MR) is 142 cm³/mol. The molecular weight excluding hydrogens is 450 g/mol. The van der Waals surface area contributed by atoms with Gasteiger partial charge in [0.2, 0.25) is 0 Å². The van der Waals surface area contributed by atoms with Crippen LogP contribution in [0.25, 0.3) is 33.8 Å². The highest BCUT2D eigenvalue weighted by molar-refractivity contribution is 6.01. The van der Waals surface area contributed by atoms with E-state index in [4.69, 9.17) is 14.4 Å². The molecule has 0 atom stereocenters. The molecule has 4 bridgehead atoms. The lowest BCUT2D eigenvalue weighted by Gasteiger charge is -2.57. The van der Waals surface area contributed by atoms with Crippen molar-refractivity contribution in [1.82, 2.24) is 9.97 Å². The van der Waals surface area contributed by atoms with Gasteiger partial charge in [-0.25, -0.2) is 14.8 Å². The van der Waals surface area contributed by atoms with Gasteiger partial charge in [0.15, 0.2) is 11.3 Å². The van der Waals surface area contributed by atoms with Crippen LogP contribution >= 0.6 is 0 Å². The van der Waals surface area contributed by atoms with Crippen LogP contribution < -0.4 is 10.9 Å². The minimum Gasteiger partial charge on any atom is -0.507 e. The van der Waals surface area contributed by atoms with Crippen molar-refractivity contribution in [1.29, 1.82) is 0 Å². The summed E-state index contributed by atoms with van der Waals surface area (Å²) < 4.78 is 5.57. The molecule has 0 amide bonds. The van der Waals surface area contributed by atoms with Gasteiger partial charge in [0, 0.05) is 22.6 Å². The average Bonchev–Trinajstić information content (AvgIpc) is 2.84. The molecule has 6 heteroatoms. The fourth-order valence-electron chi connectivity index (χ4n) is 7.32. The lowest BCUT2D eigenvalue weighted by atomic mass is 9.53. The molecular formula is C30H29N3O3. The molecule has 4 aliphatic rings. The van der Waals surface area contributed by atoms with Crippen molar-refractivity contribution in [3.63, 3.8) is 0 Å². The summed E-state index contributed by atoms with van der Waals surface area (Å²) in [7, 11) is 0. The molecule has 2 aromatic heterocycles. The Morgan fingerprint density at radius 3 is 2.33 bits per heavy atom. The zero-order valence-electron chi connectivity index (χ0n) is 20.3. The number of benzene rings is 2. The summed E-state index contributed by atoms with van der Waals surface area (Å²) in [5.74, 6) is 2.93. The van der Waals surface area contributed by atoms with Crippen molar-refractivity contribution < 1.29 is 9.52 Å². The van der Waals surface area contributed by atoms with E-state index in [0.717, 1.165) is 48.0 Å². The number of hydrogen-bond acceptors (Lipinski definition) is 6. The minimum absolute atomic E-state index is 0.0315. The fourth-order valence-corrected chi connectivity index (χ4v) is 7.32. The maximum atomic E-state index is 12.9. The number of aliphatic hydroxyl groups is 1. The summed E-state index contributed by atoms with van der Waals surface area (Å²) in [5.41, 5.74) is 3.02. The topological polar surface area (TPSA) is 88.3 Å². The van der Waals surface area contributed by atoms with Crippen LogP contribution in [-0.4, -0.2) is 20.6 Å². The maximum absolute atomic E-state index is 12.9. The van der Waals surface area contributed by atoms with E-state index in [1.165, 1.54) is 19.3 Å². The van der Waals surface area contributed by atoms with E-state index in [-0.39, 0.29) is 16.8 Å².